The first-order valence-electron chi connectivity index (χ1n) is 10.6. The Morgan fingerprint density at radius 1 is 1.03 bits per heavy atom. The summed E-state index contributed by atoms with van der Waals surface area (Å²) in [5.74, 6) is 0.655. The fourth-order valence-electron chi connectivity index (χ4n) is 3.35. The summed E-state index contributed by atoms with van der Waals surface area (Å²) in [5.41, 5.74) is 3.88. The first kappa shape index (κ1) is 23.5. The summed E-state index contributed by atoms with van der Waals surface area (Å²) in [4.78, 5) is 27.0. The molecule has 7 nitrogen and oxygen atoms in total. The number of para-hydroxylation sites is 1. The van der Waals surface area contributed by atoms with E-state index in [9.17, 15) is 9.59 Å². The average Bonchev–Trinajstić information content (AvgIpc) is 3.14. The van der Waals surface area contributed by atoms with Gasteiger partial charge in [-0.05, 0) is 37.5 Å². The molecule has 3 aromatic rings. The molecular weight excluding hydrogens is 422 g/mol. The van der Waals surface area contributed by atoms with Crippen LogP contribution in [0.4, 0.5) is 5.69 Å². The molecule has 168 valence electrons. The van der Waals surface area contributed by atoms with Crippen molar-refractivity contribution in [2.24, 2.45) is 7.05 Å². The van der Waals surface area contributed by atoms with Crippen LogP contribution in [0.1, 0.15) is 24.5 Å². The zero-order valence-electron chi connectivity index (χ0n) is 19.0. The van der Waals surface area contributed by atoms with Crippen LogP contribution in [-0.4, -0.2) is 50.3 Å². The second-order valence-corrected chi connectivity index (χ2v) is 8.59. The Morgan fingerprint density at radius 2 is 1.72 bits per heavy atom. The van der Waals surface area contributed by atoms with Crippen LogP contribution in [0.25, 0.3) is 11.4 Å². The first-order chi connectivity index (χ1) is 15.4. The van der Waals surface area contributed by atoms with E-state index in [1.54, 1.807) is 4.90 Å². The van der Waals surface area contributed by atoms with Gasteiger partial charge in [-0.25, -0.2) is 0 Å². The SMILES string of the molecule is CCCN(CC(=O)Nc1ccccc1C)C(=O)CSc1nnc(-c2ccccc2C)n1C. The summed E-state index contributed by atoms with van der Waals surface area (Å²) < 4.78 is 1.90. The number of aryl methyl sites for hydroxylation is 2. The van der Waals surface area contributed by atoms with Gasteiger partial charge in [0.05, 0.1) is 12.3 Å². The number of carbonyl (C=O) groups is 2. The number of amides is 2. The summed E-state index contributed by atoms with van der Waals surface area (Å²) in [6.45, 7) is 6.50. The van der Waals surface area contributed by atoms with Crippen molar-refractivity contribution in [3.05, 3.63) is 59.7 Å². The Labute approximate surface area is 193 Å². The van der Waals surface area contributed by atoms with Crippen LogP contribution in [0, 0.1) is 13.8 Å². The van der Waals surface area contributed by atoms with Crippen molar-refractivity contribution in [3.8, 4) is 11.4 Å². The third kappa shape index (κ3) is 5.76. The minimum absolute atomic E-state index is 0.0227. The number of nitrogens with zero attached hydrogens (tertiary/aromatic N) is 4. The molecular formula is C24H29N5O2S. The van der Waals surface area contributed by atoms with Gasteiger partial charge in [-0.1, -0.05) is 61.2 Å². The second kappa shape index (κ2) is 10.9. The molecule has 0 aliphatic rings. The quantitative estimate of drug-likeness (QED) is 0.496. The minimum Gasteiger partial charge on any atom is -0.333 e. The lowest BCUT2D eigenvalue weighted by Crippen LogP contribution is -2.39. The maximum Gasteiger partial charge on any atom is 0.244 e. The van der Waals surface area contributed by atoms with Crippen LogP contribution in [0.5, 0.6) is 0 Å². The summed E-state index contributed by atoms with van der Waals surface area (Å²) in [7, 11) is 1.90. The highest BCUT2D eigenvalue weighted by atomic mass is 32.2. The highest BCUT2D eigenvalue weighted by Gasteiger charge is 2.19. The fourth-order valence-corrected chi connectivity index (χ4v) is 4.17. The zero-order chi connectivity index (χ0) is 23.1. The van der Waals surface area contributed by atoms with E-state index < -0.39 is 0 Å². The molecule has 0 aliphatic heterocycles. The van der Waals surface area contributed by atoms with Crippen LogP contribution < -0.4 is 5.32 Å². The third-order valence-corrected chi connectivity index (χ3v) is 6.15. The number of anilines is 1. The molecule has 0 saturated carbocycles. The van der Waals surface area contributed by atoms with Gasteiger partial charge in [0.2, 0.25) is 11.8 Å². The Morgan fingerprint density at radius 3 is 2.41 bits per heavy atom. The molecule has 3 rings (SSSR count). The molecule has 0 radical (unpaired) electrons. The molecule has 2 aromatic carbocycles. The Balaban J connectivity index is 1.62. The standard InChI is InChI=1S/C24H29N5O2S/c1-5-14-29(15-21(30)25-20-13-9-7-11-18(20)3)22(31)16-32-24-27-26-23(28(24)4)19-12-8-6-10-17(19)2/h6-13H,5,14-16H2,1-4H3,(H,25,30). The van der Waals surface area contributed by atoms with Crippen molar-refractivity contribution >= 4 is 29.3 Å². The number of benzene rings is 2. The van der Waals surface area contributed by atoms with E-state index in [2.05, 4.69) is 15.5 Å². The summed E-state index contributed by atoms with van der Waals surface area (Å²) in [6.07, 6.45) is 0.773. The topological polar surface area (TPSA) is 80.1 Å². The molecule has 1 aromatic heterocycles. The van der Waals surface area contributed by atoms with Crippen molar-refractivity contribution in [1.82, 2.24) is 19.7 Å². The van der Waals surface area contributed by atoms with E-state index in [1.807, 2.05) is 80.9 Å². The smallest absolute Gasteiger partial charge is 0.244 e. The van der Waals surface area contributed by atoms with Crippen molar-refractivity contribution in [2.45, 2.75) is 32.3 Å². The minimum atomic E-state index is -0.202. The van der Waals surface area contributed by atoms with Gasteiger partial charge in [0, 0.05) is 24.8 Å². The first-order valence-corrected chi connectivity index (χ1v) is 11.6. The highest BCUT2D eigenvalue weighted by Crippen LogP contribution is 2.25. The molecule has 0 saturated heterocycles. The molecule has 0 atom stereocenters. The summed E-state index contributed by atoms with van der Waals surface area (Å²) in [6, 6.07) is 15.6. The van der Waals surface area contributed by atoms with Gasteiger partial charge in [0.25, 0.3) is 0 Å². The number of aromatic nitrogens is 3. The van der Waals surface area contributed by atoms with Crippen LogP contribution >= 0.6 is 11.8 Å². The van der Waals surface area contributed by atoms with Crippen molar-refractivity contribution in [3.63, 3.8) is 0 Å². The van der Waals surface area contributed by atoms with Gasteiger partial charge in [0.1, 0.15) is 0 Å². The Kier molecular flexibility index (Phi) is 8.05. The molecule has 0 fully saturated rings. The van der Waals surface area contributed by atoms with Gasteiger partial charge in [-0.2, -0.15) is 0 Å². The molecule has 2 amide bonds. The van der Waals surface area contributed by atoms with Crippen molar-refractivity contribution in [2.75, 3.05) is 24.2 Å². The number of nitrogens with one attached hydrogen (secondary N) is 1. The monoisotopic (exact) mass is 451 g/mol. The molecule has 0 spiro atoms. The molecule has 8 heteroatoms. The van der Waals surface area contributed by atoms with Crippen molar-refractivity contribution < 1.29 is 9.59 Å². The highest BCUT2D eigenvalue weighted by molar-refractivity contribution is 7.99. The number of carbonyl (C=O) groups excluding carboxylic acids is 2. The Bertz CT molecular complexity index is 1100. The maximum atomic E-state index is 12.9. The van der Waals surface area contributed by atoms with E-state index in [0.29, 0.717) is 11.7 Å². The van der Waals surface area contributed by atoms with Crippen LogP contribution in [0.3, 0.4) is 0 Å². The number of thioether (sulfide) groups is 1. The molecule has 0 unspecified atom stereocenters. The molecule has 0 aliphatic carbocycles. The van der Waals surface area contributed by atoms with Gasteiger partial charge in [0.15, 0.2) is 11.0 Å². The molecule has 0 bridgehead atoms. The summed E-state index contributed by atoms with van der Waals surface area (Å²) in [5, 5.41) is 12.1. The maximum absolute atomic E-state index is 12.9. The van der Waals surface area contributed by atoms with E-state index in [1.165, 1.54) is 11.8 Å². The van der Waals surface area contributed by atoms with E-state index in [4.69, 9.17) is 0 Å². The van der Waals surface area contributed by atoms with E-state index in [0.717, 1.165) is 34.6 Å². The van der Waals surface area contributed by atoms with Crippen LogP contribution in [0.2, 0.25) is 0 Å². The lowest BCUT2D eigenvalue weighted by molar-refractivity contribution is -0.132. The predicted molar refractivity (Wildman–Crippen MR) is 129 cm³/mol. The zero-order valence-corrected chi connectivity index (χ0v) is 19.8. The number of hydrogen-bond acceptors (Lipinski definition) is 5. The molecule has 1 N–H and O–H groups in total. The third-order valence-electron chi connectivity index (χ3n) is 5.15. The van der Waals surface area contributed by atoms with Crippen LogP contribution in [-0.2, 0) is 16.6 Å². The van der Waals surface area contributed by atoms with Gasteiger partial charge >= 0.3 is 0 Å². The molecule has 1 heterocycles. The predicted octanol–water partition coefficient (Wildman–Crippen LogP) is 4.07. The largest absolute Gasteiger partial charge is 0.333 e. The summed E-state index contributed by atoms with van der Waals surface area (Å²) >= 11 is 1.33. The lowest BCUT2D eigenvalue weighted by atomic mass is 10.1. The number of hydrogen-bond donors (Lipinski definition) is 1. The second-order valence-electron chi connectivity index (χ2n) is 7.65. The van der Waals surface area contributed by atoms with Gasteiger partial charge < -0.3 is 14.8 Å². The fraction of sp³-hybridized carbons (Fsp3) is 0.333. The van der Waals surface area contributed by atoms with Gasteiger partial charge in [-0.3, -0.25) is 9.59 Å². The van der Waals surface area contributed by atoms with Gasteiger partial charge in [-0.15, -0.1) is 10.2 Å². The lowest BCUT2D eigenvalue weighted by Gasteiger charge is -2.21. The average molecular weight is 452 g/mol. The normalized spacial score (nSPS) is 10.8. The number of rotatable bonds is 9. The van der Waals surface area contributed by atoms with E-state index >= 15 is 0 Å². The van der Waals surface area contributed by atoms with E-state index in [-0.39, 0.29) is 24.1 Å². The Hall–Kier alpha value is -3.13. The van der Waals surface area contributed by atoms with Crippen LogP contribution in [0.15, 0.2) is 53.7 Å². The van der Waals surface area contributed by atoms with Crippen molar-refractivity contribution in [1.29, 1.82) is 0 Å². The molecule has 32 heavy (non-hydrogen) atoms.